The van der Waals surface area contributed by atoms with Crippen molar-refractivity contribution >= 4 is 27.3 Å². The molecule has 114 valence electrons. The van der Waals surface area contributed by atoms with Crippen molar-refractivity contribution in [2.24, 2.45) is 5.92 Å². The van der Waals surface area contributed by atoms with Gasteiger partial charge in [0.05, 0.1) is 5.69 Å². The summed E-state index contributed by atoms with van der Waals surface area (Å²) in [5.41, 5.74) is 1.64. The average molecular weight is 371 g/mol. The number of rotatable bonds is 6. The van der Waals surface area contributed by atoms with Crippen LogP contribution in [0.3, 0.4) is 0 Å². The molecule has 0 bridgehead atoms. The molecule has 0 saturated carbocycles. The quantitative estimate of drug-likeness (QED) is 0.771. The maximum atomic E-state index is 14.1. The second-order valence-electron chi connectivity index (χ2n) is 5.39. The summed E-state index contributed by atoms with van der Waals surface area (Å²) in [6.07, 6.45) is 0.868. The van der Waals surface area contributed by atoms with Crippen LogP contribution in [0.5, 0.6) is 0 Å². The minimum absolute atomic E-state index is 0.234. The number of aryl methyl sites for hydroxylation is 1. The molecule has 1 N–H and O–H groups in total. The Morgan fingerprint density at radius 2 is 2.14 bits per heavy atom. The Morgan fingerprint density at radius 1 is 1.38 bits per heavy atom. The Morgan fingerprint density at radius 3 is 2.76 bits per heavy atom. The van der Waals surface area contributed by atoms with Gasteiger partial charge in [0.2, 0.25) is 0 Å². The molecule has 0 aliphatic rings. The van der Waals surface area contributed by atoms with Gasteiger partial charge in [-0.1, -0.05) is 36.7 Å². The lowest BCUT2D eigenvalue weighted by atomic mass is 10.2. The summed E-state index contributed by atoms with van der Waals surface area (Å²) in [6.45, 7) is 8.23. The third-order valence-corrected chi connectivity index (χ3v) is 4.74. The van der Waals surface area contributed by atoms with Crippen LogP contribution in [0, 0.1) is 11.7 Å². The first kappa shape index (κ1) is 16.6. The fraction of sp³-hybridized carbons (Fsp3) is 0.438. The topological polar surface area (TPSA) is 24.9 Å². The summed E-state index contributed by atoms with van der Waals surface area (Å²) in [5.74, 6) is 0.383. The molecule has 0 spiro atoms. The molecular weight excluding hydrogens is 351 g/mol. The lowest BCUT2D eigenvalue weighted by Crippen LogP contribution is -2.18. The molecule has 0 unspecified atom stereocenters. The normalized spacial score (nSPS) is 11.3. The smallest absolute Gasteiger partial charge is 0.134 e. The van der Waals surface area contributed by atoms with Gasteiger partial charge in [0.15, 0.2) is 0 Å². The van der Waals surface area contributed by atoms with Crippen LogP contribution < -0.4 is 5.32 Å². The zero-order valence-electron chi connectivity index (χ0n) is 12.5. The number of aromatic nitrogens is 1. The van der Waals surface area contributed by atoms with Crippen molar-refractivity contribution < 1.29 is 4.39 Å². The Labute approximate surface area is 137 Å². The monoisotopic (exact) mass is 370 g/mol. The number of hydrogen-bond donors (Lipinski definition) is 1. The van der Waals surface area contributed by atoms with Gasteiger partial charge in [0.25, 0.3) is 0 Å². The van der Waals surface area contributed by atoms with Gasteiger partial charge in [-0.25, -0.2) is 9.37 Å². The van der Waals surface area contributed by atoms with Gasteiger partial charge in [-0.15, -0.1) is 11.3 Å². The SMILES string of the molecule is CCc1nc(-c2ccc(Br)cc2F)sc1CNCC(C)C. The van der Waals surface area contributed by atoms with E-state index in [0.29, 0.717) is 11.5 Å². The predicted molar refractivity (Wildman–Crippen MR) is 91.1 cm³/mol. The van der Waals surface area contributed by atoms with Crippen molar-refractivity contribution in [1.29, 1.82) is 0 Å². The Balaban J connectivity index is 2.23. The first-order chi connectivity index (χ1) is 10.0. The number of benzene rings is 1. The molecule has 0 radical (unpaired) electrons. The van der Waals surface area contributed by atoms with Crippen LogP contribution in [0.2, 0.25) is 0 Å². The van der Waals surface area contributed by atoms with Crippen LogP contribution in [0.1, 0.15) is 31.3 Å². The summed E-state index contributed by atoms with van der Waals surface area (Å²) < 4.78 is 14.8. The molecule has 0 aliphatic carbocycles. The number of hydrogen-bond acceptors (Lipinski definition) is 3. The van der Waals surface area contributed by atoms with Gasteiger partial charge in [0.1, 0.15) is 10.8 Å². The first-order valence-corrected chi connectivity index (χ1v) is 8.77. The highest BCUT2D eigenvalue weighted by Crippen LogP contribution is 2.31. The molecule has 21 heavy (non-hydrogen) atoms. The Kier molecular flexibility index (Phi) is 5.90. The van der Waals surface area contributed by atoms with Crippen LogP contribution in [-0.4, -0.2) is 11.5 Å². The van der Waals surface area contributed by atoms with Crippen LogP contribution >= 0.6 is 27.3 Å². The van der Waals surface area contributed by atoms with Crippen molar-refractivity contribution in [3.63, 3.8) is 0 Å². The second kappa shape index (κ2) is 7.47. The highest BCUT2D eigenvalue weighted by Gasteiger charge is 2.14. The lowest BCUT2D eigenvalue weighted by Gasteiger charge is -2.06. The van der Waals surface area contributed by atoms with Crippen LogP contribution in [0.25, 0.3) is 10.6 Å². The van der Waals surface area contributed by atoms with E-state index in [0.717, 1.165) is 34.7 Å². The van der Waals surface area contributed by atoms with Gasteiger partial charge in [-0.05, 0) is 37.1 Å². The van der Waals surface area contributed by atoms with Crippen molar-refractivity contribution in [2.75, 3.05) is 6.54 Å². The Bertz CT molecular complexity index is 610. The third kappa shape index (κ3) is 4.34. The van der Waals surface area contributed by atoms with Crippen molar-refractivity contribution in [3.8, 4) is 10.6 Å². The van der Waals surface area contributed by atoms with E-state index in [1.807, 2.05) is 6.07 Å². The van der Waals surface area contributed by atoms with E-state index in [1.54, 1.807) is 17.4 Å². The Hall–Kier alpha value is -0.780. The third-order valence-electron chi connectivity index (χ3n) is 3.11. The fourth-order valence-corrected chi connectivity index (χ4v) is 3.53. The van der Waals surface area contributed by atoms with Crippen molar-refractivity contribution in [2.45, 2.75) is 33.7 Å². The second-order valence-corrected chi connectivity index (χ2v) is 7.39. The molecule has 0 aliphatic heterocycles. The van der Waals surface area contributed by atoms with E-state index < -0.39 is 0 Å². The summed E-state index contributed by atoms with van der Waals surface area (Å²) in [6, 6.07) is 5.12. The molecule has 0 saturated heterocycles. The zero-order valence-corrected chi connectivity index (χ0v) is 14.9. The molecule has 2 rings (SSSR count). The molecule has 2 nitrogen and oxygen atoms in total. The van der Waals surface area contributed by atoms with Crippen LogP contribution in [0.4, 0.5) is 4.39 Å². The zero-order chi connectivity index (χ0) is 15.4. The maximum absolute atomic E-state index is 14.1. The van der Waals surface area contributed by atoms with Gasteiger partial charge in [-0.2, -0.15) is 0 Å². The van der Waals surface area contributed by atoms with E-state index in [4.69, 9.17) is 0 Å². The van der Waals surface area contributed by atoms with E-state index in [-0.39, 0.29) is 5.82 Å². The fourth-order valence-electron chi connectivity index (χ4n) is 2.05. The standard InChI is InChI=1S/C16H20BrFN2S/c1-4-14-15(9-19-8-10(2)3)21-16(20-14)12-6-5-11(17)7-13(12)18/h5-7,10,19H,4,8-9H2,1-3H3. The van der Waals surface area contributed by atoms with Gasteiger partial charge in [0, 0.05) is 21.5 Å². The van der Waals surface area contributed by atoms with Gasteiger partial charge in [-0.3, -0.25) is 0 Å². The molecule has 1 aromatic carbocycles. The number of thiazole rings is 1. The maximum Gasteiger partial charge on any atom is 0.134 e. The highest BCUT2D eigenvalue weighted by atomic mass is 79.9. The first-order valence-electron chi connectivity index (χ1n) is 7.16. The van der Waals surface area contributed by atoms with Crippen molar-refractivity contribution in [3.05, 3.63) is 39.1 Å². The number of nitrogens with one attached hydrogen (secondary N) is 1. The molecule has 1 heterocycles. The summed E-state index contributed by atoms with van der Waals surface area (Å²) >= 11 is 4.86. The van der Waals surface area contributed by atoms with E-state index in [1.165, 1.54) is 10.9 Å². The molecule has 1 aromatic heterocycles. The average Bonchev–Trinajstić information content (AvgIpc) is 2.81. The summed E-state index contributed by atoms with van der Waals surface area (Å²) in [7, 11) is 0. The molecular formula is C16H20BrFN2S. The van der Waals surface area contributed by atoms with Gasteiger partial charge >= 0.3 is 0 Å². The summed E-state index contributed by atoms with van der Waals surface area (Å²) in [4.78, 5) is 5.81. The molecule has 0 amide bonds. The molecule has 0 atom stereocenters. The minimum atomic E-state index is -0.234. The van der Waals surface area contributed by atoms with Crippen LogP contribution in [-0.2, 0) is 13.0 Å². The van der Waals surface area contributed by atoms with E-state index >= 15 is 0 Å². The van der Waals surface area contributed by atoms with E-state index in [9.17, 15) is 4.39 Å². The highest BCUT2D eigenvalue weighted by molar-refractivity contribution is 9.10. The summed E-state index contributed by atoms with van der Waals surface area (Å²) in [5, 5.41) is 4.20. The number of halogens is 2. The van der Waals surface area contributed by atoms with Crippen LogP contribution in [0.15, 0.2) is 22.7 Å². The molecule has 0 fully saturated rings. The minimum Gasteiger partial charge on any atom is -0.312 e. The lowest BCUT2D eigenvalue weighted by molar-refractivity contribution is 0.553. The van der Waals surface area contributed by atoms with E-state index in [2.05, 4.69) is 47.0 Å². The molecule has 2 aromatic rings. The number of nitrogens with zero attached hydrogens (tertiary/aromatic N) is 1. The van der Waals surface area contributed by atoms with Crippen molar-refractivity contribution in [1.82, 2.24) is 10.3 Å². The predicted octanol–water partition coefficient (Wildman–Crippen LogP) is 5.02. The molecule has 5 heteroatoms. The van der Waals surface area contributed by atoms with Gasteiger partial charge < -0.3 is 5.32 Å². The largest absolute Gasteiger partial charge is 0.312 e.